The van der Waals surface area contributed by atoms with Crippen molar-refractivity contribution >= 4 is 5.78 Å². The number of hydrogen-bond acceptors (Lipinski definition) is 5. The van der Waals surface area contributed by atoms with E-state index in [4.69, 9.17) is 0 Å². The summed E-state index contributed by atoms with van der Waals surface area (Å²) in [5.41, 5.74) is -0.165. The molecule has 0 aliphatic heterocycles. The van der Waals surface area contributed by atoms with E-state index in [0.29, 0.717) is 48.9 Å². The third-order valence-electron chi connectivity index (χ3n) is 11.8. The molecule has 13 atom stereocenters. The molecule has 5 heteroatoms. The highest BCUT2D eigenvalue weighted by Crippen LogP contribution is 2.67. The first-order valence-electron chi connectivity index (χ1n) is 14.1. The Morgan fingerprint density at radius 2 is 1.59 bits per heavy atom. The molecule has 4 aliphatic carbocycles. The first-order chi connectivity index (χ1) is 15.9. The van der Waals surface area contributed by atoms with E-state index in [-0.39, 0.29) is 34.4 Å². The van der Waals surface area contributed by atoms with Crippen molar-refractivity contribution in [3.05, 3.63) is 0 Å². The van der Waals surface area contributed by atoms with Gasteiger partial charge in [0.25, 0.3) is 0 Å². The third kappa shape index (κ3) is 4.01. The fourth-order valence-corrected chi connectivity index (χ4v) is 9.89. The van der Waals surface area contributed by atoms with E-state index in [0.717, 1.165) is 32.1 Å². The van der Waals surface area contributed by atoms with E-state index in [9.17, 15) is 25.2 Å². The maximum atomic E-state index is 13.4. The predicted octanol–water partition coefficient (Wildman–Crippen LogP) is 4.20. The standard InChI is InChI=1S/C29H50O5/c1-7-17(15(2)3)27(34)26(33)16(4)19-8-9-20-18-12-23(30)22-13-24(31)25(32)14-29(22,6)21(18)10-11-28(19,20)5/h15-22,24-27,31-34H,7-14H2,1-6H3/t16-,17-,18-,19+,20-,21-,22+,24-,25+,26?,27?,28+,29+/m0/s1. The molecule has 196 valence electrons. The Hall–Kier alpha value is -0.490. The Morgan fingerprint density at radius 3 is 2.21 bits per heavy atom. The lowest BCUT2D eigenvalue weighted by atomic mass is 9.44. The zero-order valence-electron chi connectivity index (χ0n) is 22.3. The average Bonchev–Trinajstić information content (AvgIpc) is 3.12. The van der Waals surface area contributed by atoms with E-state index < -0.39 is 24.4 Å². The minimum absolute atomic E-state index is 0.0172. The molecule has 34 heavy (non-hydrogen) atoms. The summed E-state index contributed by atoms with van der Waals surface area (Å²) < 4.78 is 0. The van der Waals surface area contributed by atoms with Crippen molar-refractivity contribution in [2.75, 3.05) is 0 Å². The zero-order valence-corrected chi connectivity index (χ0v) is 22.3. The number of aliphatic hydroxyl groups is 4. The van der Waals surface area contributed by atoms with Crippen molar-refractivity contribution in [2.24, 2.45) is 58.2 Å². The van der Waals surface area contributed by atoms with Gasteiger partial charge < -0.3 is 20.4 Å². The number of Topliss-reactive ketones (excluding diaryl/α,β-unsaturated/α-hetero) is 1. The summed E-state index contributed by atoms with van der Waals surface area (Å²) in [5, 5.41) is 43.1. The summed E-state index contributed by atoms with van der Waals surface area (Å²) in [6, 6.07) is 0. The van der Waals surface area contributed by atoms with Crippen molar-refractivity contribution in [1.82, 2.24) is 0 Å². The van der Waals surface area contributed by atoms with Gasteiger partial charge in [-0.3, -0.25) is 4.79 Å². The maximum absolute atomic E-state index is 13.4. The smallest absolute Gasteiger partial charge is 0.136 e. The van der Waals surface area contributed by atoms with Gasteiger partial charge in [0.05, 0.1) is 24.4 Å². The van der Waals surface area contributed by atoms with Crippen LogP contribution in [0.3, 0.4) is 0 Å². The van der Waals surface area contributed by atoms with E-state index >= 15 is 0 Å². The Balaban J connectivity index is 1.55. The first-order valence-corrected chi connectivity index (χ1v) is 14.1. The topological polar surface area (TPSA) is 98.0 Å². The highest BCUT2D eigenvalue weighted by Gasteiger charge is 2.63. The van der Waals surface area contributed by atoms with Gasteiger partial charge in [-0.1, -0.05) is 48.0 Å². The van der Waals surface area contributed by atoms with E-state index in [2.05, 4.69) is 41.5 Å². The molecule has 0 amide bonds. The number of ketones is 1. The van der Waals surface area contributed by atoms with Crippen LogP contribution in [0.5, 0.6) is 0 Å². The molecule has 0 heterocycles. The van der Waals surface area contributed by atoms with E-state index in [1.165, 1.54) is 0 Å². The lowest BCUT2D eigenvalue weighted by molar-refractivity contribution is -0.175. The van der Waals surface area contributed by atoms with Crippen molar-refractivity contribution in [2.45, 2.75) is 117 Å². The summed E-state index contributed by atoms with van der Waals surface area (Å²) in [7, 11) is 0. The van der Waals surface area contributed by atoms with Crippen LogP contribution in [0.15, 0.2) is 0 Å². The number of hydrogen-bond donors (Lipinski definition) is 4. The quantitative estimate of drug-likeness (QED) is 0.459. The number of carbonyl (C=O) groups excluding carboxylic acids is 1. The fraction of sp³-hybridized carbons (Fsp3) is 0.966. The molecular formula is C29H50O5. The molecule has 0 bridgehead atoms. The van der Waals surface area contributed by atoms with Gasteiger partial charge in [-0.15, -0.1) is 0 Å². The molecule has 2 unspecified atom stereocenters. The largest absolute Gasteiger partial charge is 0.390 e. The van der Waals surface area contributed by atoms with Gasteiger partial charge in [-0.2, -0.15) is 0 Å². The number of carbonyl (C=O) groups is 1. The molecular weight excluding hydrogens is 428 g/mol. The van der Waals surface area contributed by atoms with Gasteiger partial charge in [-0.25, -0.2) is 0 Å². The Morgan fingerprint density at radius 1 is 0.941 bits per heavy atom. The van der Waals surface area contributed by atoms with Gasteiger partial charge in [-0.05, 0) is 90.8 Å². The number of aliphatic hydroxyl groups excluding tert-OH is 4. The molecule has 4 N–H and O–H groups in total. The lowest BCUT2D eigenvalue weighted by Crippen LogP contribution is -2.59. The third-order valence-corrected chi connectivity index (χ3v) is 11.8. The van der Waals surface area contributed by atoms with Gasteiger partial charge in [0.2, 0.25) is 0 Å². The second kappa shape index (κ2) is 9.43. The SMILES string of the molecule is CC[C@@H](C(C)C)C(O)C(O)[C@@H](C)[C@H]1CC[C@H]2[C@@H]3CC(=O)[C@H]4C[C@H](O)[C@H](O)C[C@]4(C)[C@H]3CC[C@]12C. The lowest BCUT2D eigenvalue weighted by Gasteiger charge is -2.61. The van der Waals surface area contributed by atoms with Crippen molar-refractivity contribution in [1.29, 1.82) is 0 Å². The highest BCUT2D eigenvalue weighted by molar-refractivity contribution is 5.83. The molecule has 0 aromatic rings. The Labute approximate surface area is 206 Å². The molecule has 4 rings (SSSR count). The Kier molecular flexibility index (Phi) is 7.37. The Bertz CT molecular complexity index is 753. The fourth-order valence-electron chi connectivity index (χ4n) is 9.89. The second-order valence-corrected chi connectivity index (χ2v) is 13.6. The summed E-state index contributed by atoms with van der Waals surface area (Å²) in [6.45, 7) is 13.1. The maximum Gasteiger partial charge on any atom is 0.136 e. The predicted molar refractivity (Wildman–Crippen MR) is 133 cm³/mol. The summed E-state index contributed by atoms with van der Waals surface area (Å²) in [5.74, 6) is 2.12. The molecule has 5 nitrogen and oxygen atoms in total. The van der Waals surface area contributed by atoms with Crippen LogP contribution in [0.4, 0.5) is 0 Å². The number of fused-ring (bicyclic) bond motifs is 5. The van der Waals surface area contributed by atoms with Crippen LogP contribution in [0.1, 0.15) is 92.9 Å². The molecule has 0 saturated heterocycles. The van der Waals surface area contributed by atoms with Gasteiger partial charge in [0.1, 0.15) is 5.78 Å². The molecule has 4 saturated carbocycles. The second-order valence-electron chi connectivity index (χ2n) is 13.6. The van der Waals surface area contributed by atoms with Crippen LogP contribution in [-0.4, -0.2) is 50.6 Å². The van der Waals surface area contributed by atoms with Crippen molar-refractivity contribution in [3.63, 3.8) is 0 Å². The summed E-state index contributed by atoms with van der Waals surface area (Å²) >= 11 is 0. The minimum atomic E-state index is -0.783. The van der Waals surface area contributed by atoms with Crippen LogP contribution in [0.25, 0.3) is 0 Å². The van der Waals surface area contributed by atoms with E-state index in [1.807, 2.05) is 0 Å². The van der Waals surface area contributed by atoms with Crippen LogP contribution in [-0.2, 0) is 4.79 Å². The van der Waals surface area contributed by atoms with Gasteiger partial charge >= 0.3 is 0 Å². The van der Waals surface area contributed by atoms with Gasteiger partial charge in [0.15, 0.2) is 0 Å². The summed E-state index contributed by atoms with van der Waals surface area (Å²) in [6.07, 6.45) is 3.69. The molecule has 0 aromatic carbocycles. The average molecular weight is 479 g/mol. The van der Waals surface area contributed by atoms with Crippen LogP contribution >= 0.6 is 0 Å². The van der Waals surface area contributed by atoms with Crippen molar-refractivity contribution < 1.29 is 25.2 Å². The first kappa shape index (κ1) is 26.6. The molecule has 4 fully saturated rings. The zero-order chi connectivity index (χ0) is 25.2. The molecule has 0 radical (unpaired) electrons. The van der Waals surface area contributed by atoms with Crippen LogP contribution < -0.4 is 0 Å². The van der Waals surface area contributed by atoms with E-state index in [1.54, 1.807) is 0 Å². The van der Waals surface area contributed by atoms with Gasteiger partial charge in [0, 0.05) is 12.3 Å². The minimum Gasteiger partial charge on any atom is -0.390 e. The van der Waals surface area contributed by atoms with Crippen molar-refractivity contribution in [3.8, 4) is 0 Å². The normalized spacial score (nSPS) is 48.0. The molecule has 0 spiro atoms. The molecule has 4 aliphatic rings. The monoisotopic (exact) mass is 478 g/mol. The summed E-state index contributed by atoms with van der Waals surface area (Å²) in [4.78, 5) is 13.4. The molecule has 0 aromatic heterocycles. The number of rotatable bonds is 6. The highest BCUT2D eigenvalue weighted by atomic mass is 16.3. The van der Waals surface area contributed by atoms with Crippen LogP contribution in [0.2, 0.25) is 0 Å². The van der Waals surface area contributed by atoms with Crippen LogP contribution in [0, 0.1) is 58.2 Å².